The van der Waals surface area contributed by atoms with Crippen LogP contribution in [0.25, 0.3) is 10.2 Å². The Hall–Kier alpha value is -2.64. The van der Waals surface area contributed by atoms with Gasteiger partial charge in [-0.15, -0.1) is 11.3 Å². The number of amides is 1. The number of fused-ring (bicyclic) bond motifs is 3. The Kier molecular flexibility index (Phi) is 5.10. The molecule has 2 aromatic heterocycles. The monoisotopic (exact) mass is 437 g/mol. The van der Waals surface area contributed by atoms with Crippen molar-refractivity contribution in [2.24, 2.45) is 0 Å². The Morgan fingerprint density at radius 3 is 2.58 bits per heavy atom. The van der Waals surface area contributed by atoms with E-state index in [-0.39, 0.29) is 5.91 Å². The normalized spacial score (nSPS) is 17.6. The first-order chi connectivity index (χ1) is 15.1. The maximum atomic E-state index is 14.0. The third kappa shape index (κ3) is 3.27. The summed E-state index contributed by atoms with van der Waals surface area (Å²) >= 11 is 1.47. The molecule has 7 heteroatoms. The van der Waals surface area contributed by atoms with Crippen molar-refractivity contribution >= 4 is 38.8 Å². The van der Waals surface area contributed by atoms with Crippen LogP contribution in [0.5, 0.6) is 5.75 Å². The molecule has 1 spiro atoms. The van der Waals surface area contributed by atoms with Gasteiger partial charge in [-0.3, -0.25) is 9.69 Å². The summed E-state index contributed by atoms with van der Waals surface area (Å²) < 4.78 is 10.8. The number of aromatic nitrogens is 1. The number of nitrogens with zero attached hydrogens (tertiary/aromatic N) is 2. The molecule has 0 radical (unpaired) electrons. The number of carbonyl (C=O) groups is 1. The molecule has 3 aromatic rings. The van der Waals surface area contributed by atoms with E-state index in [1.54, 1.807) is 14.2 Å². The van der Waals surface area contributed by atoms with Crippen molar-refractivity contribution in [3.63, 3.8) is 0 Å². The lowest BCUT2D eigenvalue weighted by atomic mass is 9.85. The average molecular weight is 438 g/mol. The summed E-state index contributed by atoms with van der Waals surface area (Å²) in [6.45, 7) is 2.48. The number of hydrogen-bond donors (Lipinski definition) is 1. The standard InChI is InChI=1S/C24H27N3O3S/c1-15-13-16(14-29-2)19-20-21(31-22(19)25-15)23(28)27(17-7-9-18(30-3)10-8-17)24(26-20)11-5-4-6-12-24/h7-10,13,26H,4-6,11-12,14H2,1-3H3. The maximum Gasteiger partial charge on any atom is 0.272 e. The van der Waals surface area contributed by atoms with Crippen molar-refractivity contribution in [2.75, 3.05) is 24.4 Å². The third-order valence-corrected chi connectivity index (χ3v) is 7.44. The van der Waals surface area contributed by atoms with Gasteiger partial charge in [0, 0.05) is 23.9 Å². The molecule has 1 N–H and O–H groups in total. The molecule has 0 saturated heterocycles. The van der Waals surface area contributed by atoms with Gasteiger partial charge in [-0.05, 0) is 68.5 Å². The Morgan fingerprint density at radius 1 is 1.16 bits per heavy atom. The van der Waals surface area contributed by atoms with Crippen LogP contribution in [0.2, 0.25) is 0 Å². The second kappa shape index (κ2) is 7.80. The topological polar surface area (TPSA) is 63.7 Å². The molecule has 6 nitrogen and oxygen atoms in total. The van der Waals surface area contributed by atoms with Gasteiger partial charge in [-0.1, -0.05) is 6.42 Å². The molecule has 5 rings (SSSR count). The lowest BCUT2D eigenvalue weighted by Crippen LogP contribution is -2.61. The van der Waals surface area contributed by atoms with Crippen LogP contribution in [0, 0.1) is 6.92 Å². The van der Waals surface area contributed by atoms with Crippen molar-refractivity contribution in [2.45, 2.75) is 51.3 Å². The van der Waals surface area contributed by atoms with Crippen molar-refractivity contribution in [1.29, 1.82) is 0 Å². The van der Waals surface area contributed by atoms with Crippen LogP contribution in [0.1, 0.15) is 53.0 Å². The van der Waals surface area contributed by atoms with Crippen molar-refractivity contribution in [3.05, 3.63) is 46.5 Å². The fourth-order valence-electron chi connectivity index (χ4n) is 5.02. The highest BCUT2D eigenvalue weighted by Gasteiger charge is 2.47. The van der Waals surface area contributed by atoms with E-state index in [1.165, 1.54) is 17.8 Å². The van der Waals surface area contributed by atoms with E-state index in [4.69, 9.17) is 14.5 Å². The lowest BCUT2D eigenvalue weighted by Gasteiger charge is -2.50. The van der Waals surface area contributed by atoms with E-state index in [0.29, 0.717) is 6.61 Å². The number of anilines is 2. The minimum absolute atomic E-state index is 0.0461. The lowest BCUT2D eigenvalue weighted by molar-refractivity contribution is 0.0943. The maximum absolute atomic E-state index is 14.0. The van der Waals surface area contributed by atoms with Gasteiger partial charge in [-0.2, -0.15) is 0 Å². The number of aryl methyl sites for hydroxylation is 1. The van der Waals surface area contributed by atoms with E-state index in [9.17, 15) is 4.79 Å². The number of rotatable bonds is 4. The zero-order valence-electron chi connectivity index (χ0n) is 18.2. The van der Waals surface area contributed by atoms with E-state index < -0.39 is 5.66 Å². The first-order valence-electron chi connectivity index (χ1n) is 10.7. The Labute approximate surface area is 186 Å². The summed E-state index contributed by atoms with van der Waals surface area (Å²) in [5.41, 5.74) is 3.40. The minimum atomic E-state index is -0.430. The first kappa shape index (κ1) is 20.3. The van der Waals surface area contributed by atoms with Gasteiger partial charge in [0.05, 0.1) is 19.4 Å². The minimum Gasteiger partial charge on any atom is -0.497 e. The van der Waals surface area contributed by atoms with Crippen LogP contribution in [0.3, 0.4) is 0 Å². The molecule has 0 unspecified atom stereocenters. The van der Waals surface area contributed by atoms with Crippen LogP contribution in [-0.2, 0) is 11.3 Å². The smallest absolute Gasteiger partial charge is 0.272 e. The molecular weight excluding hydrogens is 410 g/mol. The number of methoxy groups -OCH3 is 2. The predicted octanol–water partition coefficient (Wildman–Crippen LogP) is 5.49. The van der Waals surface area contributed by atoms with Gasteiger partial charge in [0.25, 0.3) is 5.91 Å². The SMILES string of the molecule is COCc1cc(C)nc2sc3c(c12)NC1(CCCCC1)N(c1ccc(OC)cc1)C3=O. The highest BCUT2D eigenvalue weighted by molar-refractivity contribution is 7.21. The molecule has 1 amide bonds. The first-order valence-corrected chi connectivity index (χ1v) is 11.6. The summed E-state index contributed by atoms with van der Waals surface area (Å²) in [6.07, 6.45) is 5.21. The summed E-state index contributed by atoms with van der Waals surface area (Å²) in [4.78, 5) is 22.3. The molecule has 1 saturated carbocycles. The zero-order valence-corrected chi connectivity index (χ0v) is 19.0. The Bertz CT molecular complexity index is 1130. The van der Waals surface area contributed by atoms with Gasteiger partial charge >= 0.3 is 0 Å². The van der Waals surface area contributed by atoms with Gasteiger partial charge < -0.3 is 14.8 Å². The van der Waals surface area contributed by atoms with Crippen LogP contribution in [0.4, 0.5) is 11.4 Å². The predicted molar refractivity (Wildman–Crippen MR) is 124 cm³/mol. The summed E-state index contributed by atoms with van der Waals surface area (Å²) in [6, 6.07) is 9.86. The number of nitrogens with one attached hydrogen (secondary N) is 1. The number of thiophene rings is 1. The molecule has 2 aliphatic rings. The number of benzene rings is 1. The van der Waals surface area contributed by atoms with E-state index in [1.807, 2.05) is 36.1 Å². The fraction of sp³-hybridized carbons (Fsp3) is 0.417. The molecule has 162 valence electrons. The molecule has 1 aliphatic carbocycles. The van der Waals surface area contributed by atoms with E-state index in [0.717, 1.165) is 69.2 Å². The van der Waals surface area contributed by atoms with Crippen molar-refractivity contribution in [1.82, 2.24) is 4.98 Å². The Balaban J connectivity index is 1.70. The van der Waals surface area contributed by atoms with Gasteiger partial charge in [0.1, 0.15) is 21.1 Å². The quantitative estimate of drug-likeness (QED) is 0.584. The highest BCUT2D eigenvalue weighted by atomic mass is 32.1. The molecule has 1 aliphatic heterocycles. The molecule has 1 aromatic carbocycles. The molecule has 0 bridgehead atoms. The molecule has 31 heavy (non-hydrogen) atoms. The number of carbonyl (C=O) groups excluding carboxylic acids is 1. The zero-order chi connectivity index (χ0) is 21.6. The second-order valence-electron chi connectivity index (χ2n) is 8.40. The molecule has 3 heterocycles. The average Bonchev–Trinajstić information content (AvgIpc) is 3.13. The summed E-state index contributed by atoms with van der Waals surface area (Å²) in [5.74, 6) is 0.829. The largest absolute Gasteiger partial charge is 0.497 e. The summed E-state index contributed by atoms with van der Waals surface area (Å²) in [7, 11) is 3.36. The molecule has 0 atom stereocenters. The summed E-state index contributed by atoms with van der Waals surface area (Å²) in [5, 5.41) is 4.88. The second-order valence-corrected chi connectivity index (χ2v) is 9.40. The van der Waals surface area contributed by atoms with Gasteiger partial charge in [-0.25, -0.2) is 4.98 Å². The fourth-order valence-corrected chi connectivity index (χ4v) is 6.17. The van der Waals surface area contributed by atoms with E-state index >= 15 is 0 Å². The molecular formula is C24H27N3O3S. The van der Waals surface area contributed by atoms with Crippen molar-refractivity contribution < 1.29 is 14.3 Å². The third-order valence-electron chi connectivity index (χ3n) is 6.37. The van der Waals surface area contributed by atoms with Crippen molar-refractivity contribution in [3.8, 4) is 5.75 Å². The number of hydrogen-bond acceptors (Lipinski definition) is 6. The Morgan fingerprint density at radius 2 is 1.90 bits per heavy atom. The number of pyridine rings is 1. The van der Waals surface area contributed by atoms with Crippen LogP contribution >= 0.6 is 11.3 Å². The molecule has 1 fully saturated rings. The van der Waals surface area contributed by atoms with Gasteiger partial charge in [0.15, 0.2) is 0 Å². The van der Waals surface area contributed by atoms with Gasteiger partial charge in [0.2, 0.25) is 0 Å². The highest BCUT2D eigenvalue weighted by Crippen LogP contribution is 2.48. The van der Waals surface area contributed by atoms with E-state index in [2.05, 4.69) is 11.4 Å². The van der Waals surface area contributed by atoms with Crippen LogP contribution in [-0.4, -0.2) is 30.8 Å². The van der Waals surface area contributed by atoms with Crippen LogP contribution in [0.15, 0.2) is 30.3 Å². The number of ether oxygens (including phenoxy) is 2. The van der Waals surface area contributed by atoms with Crippen LogP contribution < -0.4 is 15.0 Å².